The molecule has 1 rings (SSSR count). The summed E-state index contributed by atoms with van der Waals surface area (Å²) < 4.78 is 5.06. The second kappa shape index (κ2) is 7.43. The van der Waals surface area contributed by atoms with Crippen LogP contribution in [0.2, 0.25) is 0 Å². The monoisotopic (exact) mass is 264 g/mol. The average Bonchev–Trinajstić information content (AvgIpc) is 2.42. The highest BCUT2D eigenvalue weighted by Crippen LogP contribution is 2.22. The number of nitrogen functional groups attached to an aromatic ring is 1. The molecule has 19 heavy (non-hydrogen) atoms. The van der Waals surface area contributed by atoms with Crippen molar-refractivity contribution in [3.8, 4) is 5.75 Å². The molecule has 0 aromatic heterocycles. The highest BCUT2D eigenvalue weighted by atomic mass is 16.5. The van der Waals surface area contributed by atoms with Gasteiger partial charge in [0, 0.05) is 19.2 Å². The first-order valence-corrected chi connectivity index (χ1v) is 6.13. The fraction of sp³-hybridized carbons (Fsp3) is 0.357. The molecule has 0 heterocycles. The van der Waals surface area contributed by atoms with Crippen molar-refractivity contribution in [2.24, 2.45) is 0 Å². The first kappa shape index (κ1) is 15.0. The number of carbonyl (C=O) groups is 1. The lowest BCUT2D eigenvalue weighted by molar-refractivity contribution is -0.126. The van der Waals surface area contributed by atoms with Gasteiger partial charge in [0.1, 0.15) is 5.75 Å². The van der Waals surface area contributed by atoms with E-state index in [1.165, 1.54) is 6.08 Å². The van der Waals surface area contributed by atoms with E-state index in [1.54, 1.807) is 30.2 Å². The van der Waals surface area contributed by atoms with E-state index in [2.05, 4.69) is 0 Å². The Labute approximate surface area is 113 Å². The number of amides is 1. The van der Waals surface area contributed by atoms with E-state index >= 15 is 0 Å². The SMILES string of the molecule is CCN(CCO)C(=O)/C=C\c1ccc(OC)c(N)c1. The molecule has 104 valence electrons. The Morgan fingerprint density at radius 2 is 2.26 bits per heavy atom. The molecule has 5 nitrogen and oxygen atoms in total. The van der Waals surface area contributed by atoms with E-state index in [1.807, 2.05) is 13.0 Å². The fourth-order valence-corrected chi connectivity index (χ4v) is 1.67. The Balaban J connectivity index is 2.75. The van der Waals surface area contributed by atoms with Crippen LogP contribution < -0.4 is 10.5 Å². The van der Waals surface area contributed by atoms with Gasteiger partial charge in [-0.25, -0.2) is 0 Å². The Hall–Kier alpha value is -2.01. The molecule has 3 N–H and O–H groups in total. The molecule has 5 heteroatoms. The second-order valence-electron chi connectivity index (χ2n) is 3.98. The van der Waals surface area contributed by atoms with Crippen LogP contribution in [0.1, 0.15) is 12.5 Å². The van der Waals surface area contributed by atoms with Crippen LogP contribution in [0.4, 0.5) is 5.69 Å². The number of likely N-dealkylation sites (N-methyl/N-ethyl adjacent to an activating group) is 1. The van der Waals surface area contributed by atoms with Crippen molar-refractivity contribution in [2.45, 2.75) is 6.92 Å². The molecule has 0 spiro atoms. The van der Waals surface area contributed by atoms with Gasteiger partial charge in [-0.3, -0.25) is 4.79 Å². The van der Waals surface area contributed by atoms with Crippen LogP contribution >= 0.6 is 0 Å². The van der Waals surface area contributed by atoms with Gasteiger partial charge in [0.2, 0.25) is 5.91 Å². The Morgan fingerprint density at radius 3 is 2.79 bits per heavy atom. The Morgan fingerprint density at radius 1 is 1.53 bits per heavy atom. The molecular weight excluding hydrogens is 244 g/mol. The third-order valence-corrected chi connectivity index (χ3v) is 2.74. The third-order valence-electron chi connectivity index (χ3n) is 2.74. The van der Waals surface area contributed by atoms with Crippen molar-refractivity contribution >= 4 is 17.7 Å². The lowest BCUT2D eigenvalue weighted by Crippen LogP contribution is -2.31. The topological polar surface area (TPSA) is 75.8 Å². The highest BCUT2D eigenvalue weighted by molar-refractivity contribution is 5.92. The largest absolute Gasteiger partial charge is 0.495 e. The summed E-state index contributed by atoms with van der Waals surface area (Å²) >= 11 is 0. The van der Waals surface area contributed by atoms with Crippen LogP contribution in [0.3, 0.4) is 0 Å². The summed E-state index contributed by atoms with van der Waals surface area (Å²) in [7, 11) is 1.55. The van der Waals surface area contributed by atoms with Crippen molar-refractivity contribution in [3.05, 3.63) is 29.8 Å². The standard InChI is InChI=1S/C14H20N2O3/c1-3-16(8-9-17)14(18)7-5-11-4-6-13(19-2)12(15)10-11/h4-7,10,17H,3,8-9,15H2,1-2H3/b7-5-. The van der Waals surface area contributed by atoms with Crippen LogP contribution in [0.25, 0.3) is 6.08 Å². The van der Waals surface area contributed by atoms with E-state index in [0.29, 0.717) is 24.5 Å². The molecule has 0 aliphatic heterocycles. The smallest absolute Gasteiger partial charge is 0.246 e. The number of hydrogen-bond acceptors (Lipinski definition) is 4. The predicted molar refractivity (Wildman–Crippen MR) is 75.8 cm³/mol. The van der Waals surface area contributed by atoms with Crippen molar-refractivity contribution < 1.29 is 14.6 Å². The van der Waals surface area contributed by atoms with Gasteiger partial charge < -0.3 is 20.5 Å². The van der Waals surface area contributed by atoms with Crippen LogP contribution in [-0.2, 0) is 4.79 Å². The summed E-state index contributed by atoms with van der Waals surface area (Å²) in [5.41, 5.74) is 7.14. The molecule has 0 saturated heterocycles. The van der Waals surface area contributed by atoms with Crippen molar-refractivity contribution in [1.82, 2.24) is 4.90 Å². The summed E-state index contributed by atoms with van der Waals surface area (Å²) in [6.45, 7) is 2.73. The lowest BCUT2D eigenvalue weighted by Gasteiger charge is -2.17. The van der Waals surface area contributed by atoms with Gasteiger partial charge in [-0.05, 0) is 30.7 Å². The number of rotatable bonds is 6. The average molecular weight is 264 g/mol. The molecule has 0 unspecified atom stereocenters. The number of nitrogens with two attached hydrogens (primary N) is 1. The molecule has 0 bridgehead atoms. The van der Waals surface area contributed by atoms with Crippen molar-refractivity contribution in [1.29, 1.82) is 0 Å². The minimum Gasteiger partial charge on any atom is -0.495 e. The van der Waals surface area contributed by atoms with Gasteiger partial charge in [0.05, 0.1) is 19.4 Å². The maximum atomic E-state index is 11.8. The van der Waals surface area contributed by atoms with Crippen LogP contribution in [0, 0.1) is 0 Å². The van der Waals surface area contributed by atoms with Gasteiger partial charge in [0.15, 0.2) is 0 Å². The van der Waals surface area contributed by atoms with Crippen molar-refractivity contribution in [2.75, 3.05) is 32.5 Å². The zero-order valence-electron chi connectivity index (χ0n) is 11.3. The second-order valence-corrected chi connectivity index (χ2v) is 3.98. The number of ether oxygens (including phenoxy) is 1. The Kier molecular flexibility index (Phi) is 5.89. The first-order chi connectivity index (χ1) is 9.12. The summed E-state index contributed by atoms with van der Waals surface area (Å²) in [5.74, 6) is 0.477. The normalized spacial score (nSPS) is 10.7. The summed E-state index contributed by atoms with van der Waals surface area (Å²) in [5, 5.41) is 8.85. The minimum atomic E-state index is -0.133. The number of carbonyl (C=O) groups excluding carboxylic acids is 1. The fourth-order valence-electron chi connectivity index (χ4n) is 1.67. The number of aliphatic hydroxyl groups is 1. The minimum absolute atomic E-state index is 0.0388. The number of aliphatic hydroxyl groups excluding tert-OH is 1. The quantitative estimate of drug-likeness (QED) is 0.596. The third kappa shape index (κ3) is 4.30. The Bertz CT molecular complexity index is 458. The van der Waals surface area contributed by atoms with E-state index in [-0.39, 0.29) is 12.5 Å². The molecule has 0 radical (unpaired) electrons. The molecule has 1 amide bonds. The number of hydrogen-bond donors (Lipinski definition) is 2. The molecule has 0 fully saturated rings. The number of anilines is 1. The number of benzene rings is 1. The van der Waals surface area contributed by atoms with Crippen LogP contribution in [0.15, 0.2) is 24.3 Å². The van der Waals surface area contributed by atoms with Gasteiger partial charge >= 0.3 is 0 Å². The van der Waals surface area contributed by atoms with E-state index in [0.717, 1.165) is 5.56 Å². The summed E-state index contributed by atoms with van der Waals surface area (Å²) in [6, 6.07) is 5.32. The van der Waals surface area contributed by atoms with Crippen LogP contribution in [-0.4, -0.2) is 42.7 Å². The zero-order valence-corrected chi connectivity index (χ0v) is 11.3. The lowest BCUT2D eigenvalue weighted by atomic mass is 10.1. The molecule has 0 atom stereocenters. The van der Waals surface area contributed by atoms with Crippen molar-refractivity contribution in [3.63, 3.8) is 0 Å². The van der Waals surface area contributed by atoms with Gasteiger partial charge in [0.25, 0.3) is 0 Å². The molecule has 0 aliphatic carbocycles. The first-order valence-electron chi connectivity index (χ1n) is 6.13. The van der Waals surface area contributed by atoms with Gasteiger partial charge in [-0.1, -0.05) is 6.07 Å². The predicted octanol–water partition coefficient (Wildman–Crippen LogP) is 1.13. The zero-order chi connectivity index (χ0) is 14.3. The van der Waals surface area contributed by atoms with E-state index in [4.69, 9.17) is 15.6 Å². The molecular formula is C14H20N2O3. The molecule has 0 aliphatic rings. The molecule has 0 saturated carbocycles. The van der Waals surface area contributed by atoms with E-state index in [9.17, 15) is 4.79 Å². The number of methoxy groups -OCH3 is 1. The van der Waals surface area contributed by atoms with Crippen LogP contribution in [0.5, 0.6) is 5.75 Å². The van der Waals surface area contributed by atoms with Gasteiger partial charge in [-0.15, -0.1) is 0 Å². The molecule has 1 aromatic carbocycles. The maximum Gasteiger partial charge on any atom is 0.246 e. The highest BCUT2D eigenvalue weighted by Gasteiger charge is 2.06. The van der Waals surface area contributed by atoms with E-state index < -0.39 is 0 Å². The summed E-state index contributed by atoms with van der Waals surface area (Å²) in [6.07, 6.45) is 3.17. The van der Waals surface area contributed by atoms with Gasteiger partial charge in [-0.2, -0.15) is 0 Å². The summed E-state index contributed by atoms with van der Waals surface area (Å²) in [4.78, 5) is 13.4. The number of nitrogens with zero attached hydrogens (tertiary/aromatic N) is 1. The molecule has 1 aromatic rings. The maximum absolute atomic E-state index is 11.8.